The quantitative estimate of drug-likeness (QED) is 0.338. The standard InChI is InChI=1S/C7H9N3O2/c8-5-6(9-12)7(11)10-3-1-2-4-10/h12H,1-4H2/b9-6-. The molecule has 1 amide bonds. The summed E-state index contributed by atoms with van der Waals surface area (Å²) in [5, 5.41) is 19.3. The fourth-order valence-corrected chi connectivity index (χ4v) is 1.18. The minimum absolute atomic E-state index is 0.433. The third-order valence-corrected chi connectivity index (χ3v) is 1.80. The van der Waals surface area contributed by atoms with E-state index in [2.05, 4.69) is 5.16 Å². The van der Waals surface area contributed by atoms with Crippen molar-refractivity contribution in [3.63, 3.8) is 0 Å². The summed E-state index contributed by atoms with van der Waals surface area (Å²) in [6.07, 6.45) is 1.91. The molecule has 0 atom stereocenters. The summed E-state index contributed by atoms with van der Waals surface area (Å²) >= 11 is 0. The maximum Gasteiger partial charge on any atom is 0.286 e. The fourth-order valence-electron chi connectivity index (χ4n) is 1.18. The van der Waals surface area contributed by atoms with Gasteiger partial charge in [-0.3, -0.25) is 4.79 Å². The lowest BCUT2D eigenvalue weighted by Gasteiger charge is -2.11. The molecular weight excluding hydrogens is 158 g/mol. The van der Waals surface area contributed by atoms with Crippen molar-refractivity contribution in [3.05, 3.63) is 0 Å². The molecule has 0 aliphatic carbocycles. The fraction of sp³-hybridized carbons (Fsp3) is 0.571. The van der Waals surface area contributed by atoms with Crippen LogP contribution >= 0.6 is 0 Å². The minimum Gasteiger partial charge on any atom is -0.410 e. The molecule has 0 bridgehead atoms. The highest BCUT2D eigenvalue weighted by Gasteiger charge is 2.22. The minimum atomic E-state index is -0.475. The number of hydrogen-bond acceptors (Lipinski definition) is 4. The summed E-state index contributed by atoms with van der Waals surface area (Å²) < 4.78 is 0. The number of nitriles is 1. The lowest BCUT2D eigenvalue weighted by molar-refractivity contribution is -0.123. The Balaban J connectivity index is 2.64. The highest BCUT2D eigenvalue weighted by molar-refractivity contribution is 6.44. The van der Waals surface area contributed by atoms with E-state index in [-0.39, 0.29) is 0 Å². The van der Waals surface area contributed by atoms with E-state index in [4.69, 9.17) is 10.5 Å². The molecule has 0 unspecified atom stereocenters. The van der Waals surface area contributed by atoms with Crippen LogP contribution in [0.25, 0.3) is 0 Å². The van der Waals surface area contributed by atoms with Gasteiger partial charge in [0.05, 0.1) is 0 Å². The Kier molecular flexibility index (Phi) is 2.64. The Morgan fingerprint density at radius 3 is 2.50 bits per heavy atom. The van der Waals surface area contributed by atoms with E-state index in [1.165, 1.54) is 11.0 Å². The molecular formula is C7H9N3O2. The normalized spacial score (nSPS) is 17.6. The van der Waals surface area contributed by atoms with E-state index < -0.39 is 11.6 Å². The van der Waals surface area contributed by atoms with Crippen LogP contribution in [0.2, 0.25) is 0 Å². The number of carbonyl (C=O) groups excluding carboxylic acids is 1. The summed E-state index contributed by atoms with van der Waals surface area (Å²) in [5.74, 6) is -0.475. The van der Waals surface area contributed by atoms with Crippen LogP contribution in [-0.4, -0.2) is 34.8 Å². The zero-order valence-corrected chi connectivity index (χ0v) is 6.53. The Morgan fingerprint density at radius 1 is 1.50 bits per heavy atom. The molecule has 1 rings (SSSR count). The van der Waals surface area contributed by atoms with Crippen molar-refractivity contribution in [1.29, 1.82) is 5.26 Å². The molecule has 12 heavy (non-hydrogen) atoms. The Labute approximate surface area is 69.9 Å². The Morgan fingerprint density at radius 2 is 2.08 bits per heavy atom. The highest BCUT2D eigenvalue weighted by atomic mass is 16.4. The van der Waals surface area contributed by atoms with Gasteiger partial charge in [-0.2, -0.15) is 5.26 Å². The van der Waals surface area contributed by atoms with Crippen molar-refractivity contribution in [2.75, 3.05) is 13.1 Å². The molecule has 64 valence electrons. The van der Waals surface area contributed by atoms with Crippen LogP contribution < -0.4 is 0 Å². The number of nitrogens with zero attached hydrogens (tertiary/aromatic N) is 3. The predicted molar refractivity (Wildman–Crippen MR) is 40.6 cm³/mol. The van der Waals surface area contributed by atoms with E-state index in [1.807, 2.05) is 0 Å². The van der Waals surface area contributed by atoms with Crippen LogP contribution in [0.1, 0.15) is 12.8 Å². The average Bonchev–Trinajstić information content (AvgIpc) is 2.58. The van der Waals surface area contributed by atoms with Crippen LogP contribution in [0.15, 0.2) is 5.16 Å². The van der Waals surface area contributed by atoms with Crippen LogP contribution in [0.4, 0.5) is 0 Å². The monoisotopic (exact) mass is 167 g/mol. The molecule has 0 saturated carbocycles. The maximum absolute atomic E-state index is 11.2. The van der Waals surface area contributed by atoms with Gasteiger partial charge in [0.15, 0.2) is 0 Å². The van der Waals surface area contributed by atoms with Gasteiger partial charge in [0.2, 0.25) is 5.71 Å². The van der Waals surface area contributed by atoms with Gasteiger partial charge in [-0.1, -0.05) is 5.16 Å². The predicted octanol–water partition coefficient (Wildman–Crippen LogP) is -0.0374. The number of carbonyl (C=O) groups is 1. The van der Waals surface area contributed by atoms with E-state index >= 15 is 0 Å². The lowest BCUT2D eigenvalue weighted by atomic mass is 10.3. The second-order valence-corrected chi connectivity index (χ2v) is 2.56. The Hall–Kier alpha value is -1.57. The molecule has 1 saturated heterocycles. The number of oxime groups is 1. The molecule has 5 nitrogen and oxygen atoms in total. The van der Waals surface area contributed by atoms with Gasteiger partial charge in [-0.05, 0) is 12.8 Å². The highest BCUT2D eigenvalue weighted by Crippen LogP contribution is 2.07. The maximum atomic E-state index is 11.2. The molecule has 0 aromatic rings. The molecule has 1 aliphatic heterocycles. The molecule has 5 heteroatoms. The second kappa shape index (κ2) is 3.72. The van der Waals surface area contributed by atoms with Crippen molar-refractivity contribution in [3.8, 4) is 6.07 Å². The summed E-state index contributed by atoms with van der Waals surface area (Å²) in [5.41, 5.74) is -0.433. The van der Waals surface area contributed by atoms with Gasteiger partial charge < -0.3 is 10.1 Å². The summed E-state index contributed by atoms with van der Waals surface area (Å²) in [6, 6.07) is 1.54. The van der Waals surface area contributed by atoms with Gasteiger partial charge in [-0.15, -0.1) is 0 Å². The van der Waals surface area contributed by atoms with Gasteiger partial charge in [0.1, 0.15) is 6.07 Å². The third-order valence-electron chi connectivity index (χ3n) is 1.80. The molecule has 1 heterocycles. The van der Waals surface area contributed by atoms with Crippen LogP contribution in [0.3, 0.4) is 0 Å². The largest absolute Gasteiger partial charge is 0.410 e. The number of rotatable bonds is 1. The first-order valence-corrected chi connectivity index (χ1v) is 3.71. The van der Waals surface area contributed by atoms with Crippen LogP contribution in [-0.2, 0) is 4.79 Å². The van der Waals surface area contributed by atoms with Gasteiger partial charge in [-0.25, -0.2) is 0 Å². The van der Waals surface area contributed by atoms with Gasteiger partial charge in [0, 0.05) is 13.1 Å². The van der Waals surface area contributed by atoms with Crippen molar-refractivity contribution in [1.82, 2.24) is 4.90 Å². The molecule has 0 aromatic heterocycles. The van der Waals surface area contributed by atoms with Crippen molar-refractivity contribution < 1.29 is 10.0 Å². The molecule has 0 aromatic carbocycles. The average molecular weight is 167 g/mol. The summed E-state index contributed by atoms with van der Waals surface area (Å²) in [4.78, 5) is 12.7. The van der Waals surface area contributed by atoms with Gasteiger partial charge in [0.25, 0.3) is 5.91 Å². The number of amides is 1. The molecule has 0 spiro atoms. The first-order valence-electron chi connectivity index (χ1n) is 3.71. The van der Waals surface area contributed by atoms with Crippen molar-refractivity contribution in [2.45, 2.75) is 12.8 Å². The summed E-state index contributed by atoms with van der Waals surface area (Å²) in [7, 11) is 0. The second-order valence-electron chi connectivity index (χ2n) is 2.56. The number of likely N-dealkylation sites (tertiary alicyclic amines) is 1. The third kappa shape index (κ3) is 1.53. The zero-order chi connectivity index (χ0) is 8.97. The lowest BCUT2D eigenvalue weighted by Crippen LogP contribution is -2.33. The molecule has 1 aliphatic rings. The van der Waals surface area contributed by atoms with Crippen molar-refractivity contribution >= 4 is 11.6 Å². The van der Waals surface area contributed by atoms with E-state index in [1.54, 1.807) is 0 Å². The topological polar surface area (TPSA) is 76.7 Å². The van der Waals surface area contributed by atoms with E-state index in [0.717, 1.165) is 12.8 Å². The number of hydrogen-bond donors (Lipinski definition) is 1. The first kappa shape index (κ1) is 8.53. The van der Waals surface area contributed by atoms with E-state index in [0.29, 0.717) is 13.1 Å². The van der Waals surface area contributed by atoms with Gasteiger partial charge >= 0.3 is 0 Å². The first-order chi connectivity index (χ1) is 5.79. The molecule has 1 fully saturated rings. The molecule has 0 radical (unpaired) electrons. The zero-order valence-electron chi connectivity index (χ0n) is 6.53. The van der Waals surface area contributed by atoms with Crippen LogP contribution in [0.5, 0.6) is 0 Å². The van der Waals surface area contributed by atoms with E-state index in [9.17, 15) is 4.79 Å². The smallest absolute Gasteiger partial charge is 0.286 e. The Bertz CT molecular complexity index is 248. The van der Waals surface area contributed by atoms with Crippen LogP contribution in [0, 0.1) is 11.3 Å². The SMILES string of the molecule is N#C/C(=N/O)C(=O)N1CCCC1. The molecule has 1 N–H and O–H groups in total. The van der Waals surface area contributed by atoms with Crippen molar-refractivity contribution in [2.24, 2.45) is 5.16 Å². The summed E-state index contributed by atoms with van der Waals surface area (Å²) in [6.45, 7) is 1.30.